The minimum Gasteiger partial charge on any atom is -0.325 e. The third kappa shape index (κ3) is 2.68. The van der Waals surface area contributed by atoms with E-state index in [1.54, 1.807) is 30.3 Å². The van der Waals surface area contributed by atoms with Gasteiger partial charge in [-0.15, -0.1) is 0 Å². The number of hydrogen-bond donors (Lipinski definition) is 1. The molecule has 0 unspecified atom stereocenters. The molecule has 0 bridgehead atoms. The topological polar surface area (TPSA) is 20.2 Å². The van der Waals surface area contributed by atoms with Gasteiger partial charge in [0.05, 0.1) is 5.56 Å². The SMILES string of the molecule is OSc1ccccc1-c1cccc(C(F)(F)F)c1. The number of hydrogen-bond acceptors (Lipinski definition) is 2. The molecule has 0 heterocycles. The Bertz CT molecular complexity index is 552. The monoisotopic (exact) mass is 270 g/mol. The summed E-state index contributed by atoms with van der Waals surface area (Å²) in [4.78, 5) is 0.525. The third-order valence-corrected chi connectivity index (χ3v) is 3.04. The standard InChI is InChI=1S/C13H9F3OS/c14-13(15,16)10-5-3-4-9(8-10)11-6-1-2-7-12(11)18-17/h1-8,17H. The average molecular weight is 270 g/mol. The molecule has 0 aliphatic carbocycles. The van der Waals surface area contributed by atoms with Crippen LogP contribution in [0.4, 0.5) is 13.2 Å². The molecular formula is C13H9F3OS. The van der Waals surface area contributed by atoms with Crippen LogP contribution in [0.2, 0.25) is 0 Å². The molecule has 2 aromatic carbocycles. The highest BCUT2D eigenvalue weighted by Crippen LogP contribution is 2.34. The first kappa shape index (κ1) is 13.0. The predicted molar refractivity (Wildman–Crippen MR) is 65.4 cm³/mol. The second-order valence-electron chi connectivity index (χ2n) is 3.67. The fraction of sp³-hybridized carbons (Fsp3) is 0.0769. The molecule has 0 aliphatic heterocycles. The summed E-state index contributed by atoms with van der Waals surface area (Å²) in [7, 11) is 0. The maximum atomic E-state index is 12.6. The van der Waals surface area contributed by atoms with Gasteiger partial charge in [-0.2, -0.15) is 13.2 Å². The summed E-state index contributed by atoms with van der Waals surface area (Å²) in [6.07, 6.45) is -4.36. The largest absolute Gasteiger partial charge is 0.416 e. The highest BCUT2D eigenvalue weighted by atomic mass is 32.2. The molecule has 0 amide bonds. The van der Waals surface area contributed by atoms with Gasteiger partial charge in [0.2, 0.25) is 0 Å². The maximum absolute atomic E-state index is 12.6. The summed E-state index contributed by atoms with van der Waals surface area (Å²) in [5.41, 5.74) is 0.316. The van der Waals surface area contributed by atoms with Crippen LogP contribution in [-0.2, 0) is 6.18 Å². The number of alkyl halides is 3. The Labute approximate surface area is 106 Å². The summed E-state index contributed by atoms with van der Waals surface area (Å²) in [6.45, 7) is 0. The van der Waals surface area contributed by atoms with E-state index in [1.165, 1.54) is 6.07 Å². The quantitative estimate of drug-likeness (QED) is 0.780. The molecule has 18 heavy (non-hydrogen) atoms. The van der Waals surface area contributed by atoms with Gasteiger partial charge in [0.25, 0.3) is 0 Å². The first-order chi connectivity index (χ1) is 8.52. The fourth-order valence-electron chi connectivity index (χ4n) is 1.65. The van der Waals surface area contributed by atoms with Gasteiger partial charge in [-0.25, -0.2) is 0 Å². The van der Waals surface area contributed by atoms with E-state index < -0.39 is 11.7 Å². The summed E-state index contributed by atoms with van der Waals surface area (Å²) in [6, 6.07) is 11.8. The molecule has 0 atom stereocenters. The van der Waals surface area contributed by atoms with Crippen molar-refractivity contribution in [2.45, 2.75) is 11.1 Å². The van der Waals surface area contributed by atoms with Crippen molar-refractivity contribution in [3.05, 3.63) is 54.1 Å². The van der Waals surface area contributed by atoms with E-state index in [4.69, 9.17) is 4.55 Å². The van der Waals surface area contributed by atoms with Gasteiger partial charge in [0.1, 0.15) is 0 Å². The molecule has 2 rings (SSSR count). The molecule has 0 aromatic heterocycles. The number of halogens is 3. The van der Waals surface area contributed by atoms with Crippen molar-refractivity contribution in [3.8, 4) is 11.1 Å². The van der Waals surface area contributed by atoms with Gasteiger partial charge in [0, 0.05) is 16.9 Å². The molecule has 2 aromatic rings. The van der Waals surface area contributed by atoms with Gasteiger partial charge in [-0.1, -0.05) is 30.3 Å². The molecule has 1 nitrogen and oxygen atoms in total. The Morgan fingerprint density at radius 1 is 0.944 bits per heavy atom. The van der Waals surface area contributed by atoms with Crippen molar-refractivity contribution < 1.29 is 17.7 Å². The first-order valence-electron chi connectivity index (χ1n) is 5.10. The Kier molecular flexibility index (Phi) is 3.63. The molecule has 0 saturated carbocycles. The zero-order chi connectivity index (χ0) is 13.2. The van der Waals surface area contributed by atoms with Crippen LogP contribution >= 0.6 is 12.0 Å². The van der Waals surface area contributed by atoms with Crippen LogP contribution in [0.1, 0.15) is 5.56 Å². The van der Waals surface area contributed by atoms with Crippen LogP contribution in [0.15, 0.2) is 53.4 Å². The van der Waals surface area contributed by atoms with Crippen molar-refractivity contribution in [1.29, 1.82) is 0 Å². The second-order valence-corrected chi connectivity index (χ2v) is 4.29. The maximum Gasteiger partial charge on any atom is 0.416 e. The summed E-state index contributed by atoms with van der Waals surface area (Å²) >= 11 is 0.522. The molecule has 1 N–H and O–H groups in total. The third-order valence-electron chi connectivity index (χ3n) is 2.49. The van der Waals surface area contributed by atoms with E-state index in [2.05, 4.69) is 0 Å². The van der Waals surface area contributed by atoms with E-state index in [-0.39, 0.29) is 0 Å². The summed E-state index contributed by atoms with van der Waals surface area (Å²) < 4.78 is 46.9. The van der Waals surface area contributed by atoms with Gasteiger partial charge in [0.15, 0.2) is 0 Å². The minimum atomic E-state index is -4.36. The van der Waals surface area contributed by atoms with Crippen molar-refractivity contribution in [3.63, 3.8) is 0 Å². The Morgan fingerprint density at radius 3 is 2.33 bits per heavy atom. The molecule has 0 aliphatic rings. The van der Waals surface area contributed by atoms with Gasteiger partial charge >= 0.3 is 6.18 Å². The van der Waals surface area contributed by atoms with Crippen molar-refractivity contribution >= 4 is 12.0 Å². The van der Waals surface area contributed by atoms with Crippen LogP contribution < -0.4 is 0 Å². The fourth-order valence-corrected chi connectivity index (χ4v) is 2.07. The molecule has 5 heteroatoms. The normalized spacial score (nSPS) is 11.6. The molecule has 0 spiro atoms. The van der Waals surface area contributed by atoms with E-state index in [0.717, 1.165) is 12.1 Å². The van der Waals surface area contributed by atoms with Crippen molar-refractivity contribution in [1.82, 2.24) is 0 Å². The molecule has 0 fully saturated rings. The summed E-state index contributed by atoms with van der Waals surface area (Å²) in [5, 5.41) is 0. The van der Waals surface area contributed by atoms with E-state index in [1.807, 2.05) is 0 Å². The zero-order valence-electron chi connectivity index (χ0n) is 9.11. The average Bonchev–Trinajstić information content (AvgIpc) is 2.38. The van der Waals surface area contributed by atoms with Crippen molar-refractivity contribution in [2.75, 3.05) is 0 Å². The number of rotatable bonds is 2. The van der Waals surface area contributed by atoms with Crippen LogP contribution in [-0.4, -0.2) is 4.55 Å². The van der Waals surface area contributed by atoms with Crippen LogP contribution in [0, 0.1) is 0 Å². The first-order valence-corrected chi connectivity index (χ1v) is 5.88. The van der Waals surface area contributed by atoms with Crippen LogP contribution in [0.25, 0.3) is 11.1 Å². The smallest absolute Gasteiger partial charge is 0.325 e. The lowest BCUT2D eigenvalue weighted by atomic mass is 10.0. The van der Waals surface area contributed by atoms with Crippen LogP contribution in [0.5, 0.6) is 0 Å². The molecule has 0 radical (unpaired) electrons. The Balaban J connectivity index is 2.51. The van der Waals surface area contributed by atoms with Crippen molar-refractivity contribution in [2.24, 2.45) is 0 Å². The predicted octanol–water partition coefficient (Wildman–Crippen LogP) is 4.94. The van der Waals surface area contributed by atoms with Crippen LogP contribution in [0.3, 0.4) is 0 Å². The molecule has 94 valence electrons. The van der Waals surface area contributed by atoms with E-state index >= 15 is 0 Å². The van der Waals surface area contributed by atoms with Gasteiger partial charge < -0.3 is 4.55 Å². The van der Waals surface area contributed by atoms with E-state index in [0.29, 0.717) is 28.1 Å². The number of benzene rings is 2. The lowest BCUT2D eigenvalue weighted by Gasteiger charge is -2.10. The Hall–Kier alpha value is -1.46. The lowest BCUT2D eigenvalue weighted by molar-refractivity contribution is -0.137. The minimum absolute atomic E-state index is 0.432. The molecular weight excluding hydrogens is 261 g/mol. The second kappa shape index (κ2) is 5.04. The molecule has 0 saturated heterocycles. The van der Waals surface area contributed by atoms with E-state index in [9.17, 15) is 13.2 Å². The van der Waals surface area contributed by atoms with Gasteiger partial charge in [-0.3, -0.25) is 0 Å². The highest BCUT2D eigenvalue weighted by Gasteiger charge is 2.30. The van der Waals surface area contributed by atoms with Gasteiger partial charge in [-0.05, 0) is 29.3 Å². The Morgan fingerprint density at radius 2 is 1.67 bits per heavy atom. The lowest BCUT2D eigenvalue weighted by Crippen LogP contribution is -2.04. The summed E-state index contributed by atoms with van der Waals surface area (Å²) in [5.74, 6) is 0. The highest BCUT2D eigenvalue weighted by molar-refractivity contribution is 7.93. The zero-order valence-corrected chi connectivity index (χ0v) is 9.92.